The number of methoxy groups -OCH3 is 1. The molecule has 18 heavy (non-hydrogen) atoms. The highest BCUT2D eigenvalue weighted by Gasteiger charge is 2.22. The van der Waals surface area contributed by atoms with Crippen molar-refractivity contribution in [2.75, 3.05) is 25.1 Å². The molecule has 0 saturated carbocycles. The largest absolute Gasteiger partial charge is 0.496 e. The van der Waals surface area contributed by atoms with Gasteiger partial charge in [-0.25, -0.2) is 0 Å². The normalized spacial score (nSPS) is 18.4. The average molecular weight is 243 g/mol. The van der Waals surface area contributed by atoms with Gasteiger partial charge in [0, 0.05) is 25.2 Å². The van der Waals surface area contributed by atoms with Crippen LogP contribution in [0.15, 0.2) is 18.2 Å². The molecule has 0 aliphatic carbocycles. The molecule has 1 aromatic carbocycles. The lowest BCUT2D eigenvalue weighted by Crippen LogP contribution is -2.19. The maximum atomic E-state index is 5.30. The zero-order valence-corrected chi connectivity index (χ0v) is 11.5. The number of nitrogens with zero attached hydrogens (tertiary/aromatic N) is 1. The molecule has 2 heteroatoms. The Labute approximate surface area is 110 Å². The first-order chi connectivity index (χ1) is 8.74. The summed E-state index contributed by atoms with van der Waals surface area (Å²) in [5, 5.41) is 0. The summed E-state index contributed by atoms with van der Waals surface area (Å²) in [5.74, 6) is 7.87. The first-order valence-electron chi connectivity index (χ1n) is 6.53. The molecule has 1 unspecified atom stereocenters. The zero-order valence-electron chi connectivity index (χ0n) is 11.5. The van der Waals surface area contributed by atoms with E-state index >= 15 is 0 Å². The monoisotopic (exact) mass is 243 g/mol. The number of rotatable bonds is 3. The number of hydrogen-bond acceptors (Lipinski definition) is 2. The van der Waals surface area contributed by atoms with Crippen molar-refractivity contribution >= 4 is 5.69 Å². The van der Waals surface area contributed by atoms with Crippen molar-refractivity contribution in [3.63, 3.8) is 0 Å². The predicted molar refractivity (Wildman–Crippen MR) is 76.1 cm³/mol. The van der Waals surface area contributed by atoms with Crippen LogP contribution in [0.3, 0.4) is 0 Å². The molecule has 1 saturated heterocycles. The highest BCUT2D eigenvalue weighted by atomic mass is 16.5. The van der Waals surface area contributed by atoms with Gasteiger partial charge < -0.3 is 9.64 Å². The van der Waals surface area contributed by atoms with Gasteiger partial charge in [-0.2, -0.15) is 0 Å². The second-order valence-electron chi connectivity index (χ2n) is 4.89. The first-order valence-corrected chi connectivity index (χ1v) is 6.53. The Balaban J connectivity index is 2.04. The Morgan fingerprint density at radius 3 is 2.94 bits per heavy atom. The number of benzene rings is 1. The summed E-state index contributed by atoms with van der Waals surface area (Å²) >= 11 is 0. The van der Waals surface area contributed by atoms with Gasteiger partial charge in [-0.1, -0.05) is 0 Å². The lowest BCUT2D eigenvalue weighted by Gasteiger charge is -2.19. The van der Waals surface area contributed by atoms with Crippen LogP contribution in [0, 0.1) is 24.7 Å². The van der Waals surface area contributed by atoms with E-state index in [1.54, 1.807) is 7.11 Å². The fraction of sp³-hybridized carbons (Fsp3) is 0.500. The number of hydrogen-bond donors (Lipinski definition) is 0. The Morgan fingerprint density at radius 1 is 1.44 bits per heavy atom. The van der Waals surface area contributed by atoms with Gasteiger partial charge in [-0.15, -0.1) is 11.8 Å². The minimum absolute atomic E-state index is 0.722. The predicted octanol–water partition coefficient (Wildman–Crippen LogP) is 3.24. The van der Waals surface area contributed by atoms with Gasteiger partial charge in [0.05, 0.1) is 7.11 Å². The van der Waals surface area contributed by atoms with Crippen molar-refractivity contribution in [3.8, 4) is 17.6 Å². The van der Waals surface area contributed by atoms with Crippen LogP contribution in [0.5, 0.6) is 5.75 Å². The van der Waals surface area contributed by atoms with Crippen LogP contribution in [0.2, 0.25) is 0 Å². The molecule has 1 aliphatic heterocycles. The third-order valence-corrected chi connectivity index (χ3v) is 3.60. The van der Waals surface area contributed by atoms with Crippen molar-refractivity contribution in [2.45, 2.75) is 26.7 Å². The number of aryl methyl sites for hydroxylation is 1. The van der Waals surface area contributed by atoms with E-state index in [9.17, 15) is 0 Å². The van der Waals surface area contributed by atoms with E-state index in [1.807, 2.05) is 6.92 Å². The van der Waals surface area contributed by atoms with E-state index in [1.165, 1.54) is 17.7 Å². The second-order valence-corrected chi connectivity index (χ2v) is 4.89. The molecule has 0 spiro atoms. The fourth-order valence-corrected chi connectivity index (χ4v) is 2.54. The second kappa shape index (κ2) is 5.82. The van der Waals surface area contributed by atoms with Crippen LogP contribution in [-0.4, -0.2) is 20.2 Å². The highest BCUT2D eigenvalue weighted by molar-refractivity contribution is 5.53. The van der Waals surface area contributed by atoms with E-state index in [0.29, 0.717) is 0 Å². The van der Waals surface area contributed by atoms with Crippen LogP contribution in [0.4, 0.5) is 5.69 Å². The molecule has 96 valence electrons. The lowest BCUT2D eigenvalue weighted by molar-refractivity contribution is 0.411. The Bertz CT molecular complexity index is 470. The summed E-state index contributed by atoms with van der Waals surface area (Å²) in [4.78, 5) is 2.45. The fourth-order valence-electron chi connectivity index (χ4n) is 2.54. The molecule has 1 atom stereocenters. The molecule has 1 heterocycles. The van der Waals surface area contributed by atoms with Gasteiger partial charge in [0.15, 0.2) is 0 Å². The van der Waals surface area contributed by atoms with Crippen molar-refractivity contribution in [1.82, 2.24) is 0 Å². The smallest absolute Gasteiger partial charge is 0.121 e. The van der Waals surface area contributed by atoms with Crippen LogP contribution in [0.1, 0.15) is 25.3 Å². The van der Waals surface area contributed by atoms with Gasteiger partial charge in [0.2, 0.25) is 0 Å². The third-order valence-electron chi connectivity index (χ3n) is 3.60. The summed E-state index contributed by atoms with van der Waals surface area (Å²) < 4.78 is 5.30. The Hall–Kier alpha value is -1.62. The standard InChI is InChI=1S/C16H21NO/c1-4-5-6-14-9-10-17(12-14)15-7-8-16(18-3)13(2)11-15/h7-8,11,14H,6,9-10,12H2,1-3H3. The SMILES string of the molecule is CC#CCC1CCN(c2ccc(OC)c(C)c2)C1. The molecule has 2 rings (SSSR count). The minimum atomic E-state index is 0.722. The maximum Gasteiger partial charge on any atom is 0.121 e. The minimum Gasteiger partial charge on any atom is -0.496 e. The van der Waals surface area contributed by atoms with Crippen LogP contribution < -0.4 is 9.64 Å². The molecule has 1 aromatic rings. The van der Waals surface area contributed by atoms with Crippen molar-refractivity contribution in [2.24, 2.45) is 5.92 Å². The Kier molecular flexibility index (Phi) is 4.15. The summed E-state index contributed by atoms with van der Waals surface area (Å²) in [6.07, 6.45) is 2.28. The van der Waals surface area contributed by atoms with Crippen LogP contribution in [-0.2, 0) is 0 Å². The van der Waals surface area contributed by atoms with Gasteiger partial charge in [0.25, 0.3) is 0 Å². The number of anilines is 1. The van der Waals surface area contributed by atoms with E-state index in [4.69, 9.17) is 4.74 Å². The van der Waals surface area contributed by atoms with E-state index in [2.05, 4.69) is 41.9 Å². The molecular weight excluding hydrogens is 222 g/mol. The van der Waals surface area contributed by atoms with Gasteiger partial charge in [-0.3, -0.25) is 0 Å². The van der Waals surface area contributed by atoms with E-state index in [0.717, 1.165) is 31.2 Å². The third kappa shape index (κ3) is 2.79. The summed E-state index contributed by atoms with van der Waals surface area (Å²) in [7, 11) is 1.72. The molecule has 0 bridgehead atoms. The topological polar surface area (TPSA) is 12.5 Å². The van der Waals surface area contributed by atoms with Gasteiger partial charge >= 0.3 is 0 Å². The molecule has 1 fully saturated rings. The first kappa shape index (κ1) is 12.8. The quantitative estimate of drug-likeness (QED) is 0.756. The van der Waals surface area contributed by atoms with E-state index in [-0.39, 0.29) is 0 Å². The van der Waals surface area contributed by atoms with Gasteiger partial charge in [0.1, 0.15) is 5.75 Å². The molecular formula is C16H21NO. The lowest BCUT2D eigenvalue weighted by atomic mass is 10.1. The maximum absolute atomic E-state index is 5.30. The van der Waals surface area contributed by atoms with Crippen LogP contribution in [0.25, 0.3) is 0 Å². The van der Waals surface area contributed by atoms with Crippen molar-refractivity contribution in [1.29, 1.82) is 0 Å². The molecule has 0 aromatic heterocycles. The summed E-state index contributed by atoms with van der Waals surface area (Å²) in [6.45, 7) is 6.28. The molecule has 0 N–H and O–H groups in total. The number of ether oxygens (including phenoxy) is 1. The summed E-state index contributed by atoms with van der Waals surface area (Å²) in [5.41, 5.74) is 2.51. The molecule has 2 nitrogen and oxygen atoms in total. The van der Waals surface area contributed by atoms with Crippen molar-refractivity contribution in [3.05, 3.63) is 23.8 Å². The zero-order chi connectivity index (χ0) is 13.0. The summed E-state index contributed by atoms with van der Waals surface area (Å²) in [6, 6.07) is 6.43. The highest BCUT2D eigenvalue weighted by Crippen LogP contribution is 2.29. The van der Waals surface area contributed by atoms with Gasteiger partial charge in [-0.05, 0) is 49.9 Å². The van der Waals surface area contributed by atoms with Crippen molar-refractivity contribution < 1.29 is 4.74 Å². The van der Waals surface area contributed by atoms with Crippen LogP contribution >= 0.6 is 0 Å². The molecule has 0 amide bonds. The molecule has 1 aliphatic rings. The Morgan fingerprint density at radius 2 is 2.28 bits per heavy atom. The average Bonchev–Trinajstić information content (AvgIpc) is 2.85. The van der Waals surface area contributed by atoms with E-state index < -0.39 is 0 Å². The molecule has 0 radical (unpaired) electrons.